The lowest BCUT2D eigenvalue weighted by Crippen LogP contribution is -2.51. The molecular weight excluding hydrogens is 350 g/mol. The number of carbonyl (C=O) groups excluding carboxylic acids is 2. The maximum absolute atomic E-state index is 13.0. The Hall–Kier alpha value is -2.69. The molecule has 0 atom stereocenters. The standard InChI is InChI=1S/C23H27N3O2/c1-17-20(11-12-21(24-17)18-7-3-2-4-8-18)23(28)26-15-13-25(14-16-26)22(27)19-9-5-6-10-19/h2-4,7-8,11-12,19H,5-6,9-10,13-16H2,1H3. The molecule has 2 amide bonds. The number of hydrogen-bond donors (Lipinski definition) is 0. The molecule has 1 saturated heterocycles. The van der Waals surface area contributed by atoms with Crippen LogP contribution in [0.5, 0.6) is 0 Å². The van der Waals surface area contributed by atoms with E-state index in [2.05, 4.69) is 4.98 Å². The van der Waals surface area contributed by atoms with Gasteiger partial charge in [0.2, 0.25) is 5.91 Å². The number of benzene rings is 1. The van der Waals surface area contributed by atoms with Gasteiger partial charge in [-0.2, -0.15) is 0 Å². The third-order valence-corrected chi connectivity index (χ3v) is 5.97. The molecule has 1 saturated carbocycles. The van der Waals surface area contributed by atoms with Crippen molar-refractivity contribution in [3.05, 3.63) is 53.7 Å². The normalized spacial score (nSPS) is 17.8. The first-order valence-corrected chi connectivity index (χ1v) is 10.2. The van der Waals surface area contributed by atoms with Crippen molar-refractivity contribution in [2.45, 2.75) is 32.6 Å². The summed E-state index contributed by atoms with van der Waals surface area (Å²) in [6.45, 7) is 4.35. The van der Waals surface area contributed by atoms with Crippen LogP contribution in [0.25, 0.3) is 11.3 Å². The summed E-state index contributed by atoms with van der Waals surface area (Å²) in [5.74, 6) is 0.506. The first-order chi connectivity index (χ1) is 13.6. The maximum Gasteiger partial charge on any atom is 0.255 e. The van der Waals surface area contributed by atoms with Crippen molar-refractivity contribution in [1.29, 1.82) is 0 Å². The molecule has 0 spiro atoms. The minimum atomic E-state index is 0.0116. The van der Waals surface area contributed by atoms with Crippen LogP contribution < -0.4 is 0 Å². The Bertz CT molecular complexity index is 851. The van der Waals surface area contributed by atoms with Crippen LogP contribution in [-0.2, 0) is 4.79 Å². The van der Waals surface area contributed by atoms with Crippen molar-refractivity contribution < 1.29 is 9.59 Å². The molecular formula is C23H27N3O2. The predicted octanol–water partition coefficient (Wildman–Crippen LogP) is 3.53. The number of piperazine rings is 1. The van der Waals surface area contributed by atoms with Gasteiger partial charge in [0.05, 0.1) is 17.0 Å². The number of aryl methyl sites for hydroxylation is 1. The molecule has 0 bridgehead atoms. The first-order valence-electron chi connectivity index (χ1n) is 10.2. The SMILES string of the molecule is Cc1nc(-c2ccccc2)ccc1C(=O)N1CCN(C(=O)C2CCCC2)CC1. The fourth-order valence-electron chi connectivity index (χ4n) is 4.29. The Labute approximate surface area is 166 Å². The number of nitrogens with zero attached hydrogens (tertiary/aromatic N) is 3. The van der Waals surface area contributed by atoms with Gasteiger partial charge in [-0.05, 0) is 31.9 Å². The lowest BCUT2D eigenvalue weighted by molar-refractivity contribution is -0.136. The highest BCUT2D eigenvalue weighted by atomic mass is 16.2. The van der Waals surface area contributed by atoms with Crippen molar-refractivity contribution >= 4 is 11.8 Å². The van der Waals surface area contributed by atoms with Crippen LogP contribution in [0.15, 0.2) is 42.5 Å². The molecule has 0 unspecified atom stereocenters. The van der Waals surface area contributed by atoms with Gasteiger partial charge in [-0.3, -0.25) is 14.6 Å². The maximum atomic E-state index is 13.0. The van der Waals surface area contributed by atoms with Gasteiger partial charge in [0.25, 0.3) is 5.91 Å². The topological polar surface area (TPSA) is 53.5 Å². The van der Waals surface area contributed by atoms with Crippen molar-refractivity contribution in [1.82, 2.24) is 14.8 Å². The van der Waals surface area contributed by atoms with Crippen LogP contribution in [-0.4, -0.2) is 52.8 Å². The van der Waals surface area contributed by atoms with Gasteiger partial charge in [0.1, 0.15) is 0 Å². The quantitative estimate of drug-likeness (QED) is 0.822. The molecule has 1 aromatic carbocycles. The van der Waals surface area contributed by atoms with E-state index in [1.807, 2.05) is 59.2 Å². The smallest absolute Gasteiger partial charge is 0.255 e. The van der Waals surface area contributed by atoms with Crippen LogP contribution in [0.3, 0.4) is 0 Å². The summed E-state index contributed by atoms with van der Waals surface area (Å²) in [5.41, 5.74) is 3.32. The van der Waals surface area contributed by atoms with E-state index in [0.717, 1.165) is 29.8 Å². The monoisotopic (exact) mass is 377 g/mol. The predicted molar refractivity (Wildman–Crippen MR) is 109 cm³/mol. The molecule has 5 nitrogen and oxygen atoms in total. The fraction of sp³-hybridized carbons (Fsp3) is 0.435. The molecule has 2 heterocycles. The van der Waals surface area contributed by atoms with Gasteiger partial charge in [0.15, 0.2) is 0 Å². The third-order valence-electron chi connectivity index (χ3n) is 5.97. The summed E-state index contributed by atoms with van der Waals surface area (Å²) >= 11 is 0. The summed E-state index contributed by atoms with van der Waals surface area (Å²) in [6.07, 6.45) is 4.38. The summed E-state index contributed by atoms with van der Waals surface area (Å²) in [5, 5.41) is 0. The zero-order chi connectivity index (χ0) is 19.5. The van der Waals surface area contributed by atoms with Crippen molar-refractivity contribution in [3.8, 4) is 11.3 Å². The largest absolute Gasteiger partial charge is 0.339 e. The zero-order valence-electron chi connectivity index (χ0n) is 16.4. The highest BCUT2D eigenvalue weighted by Crippen LogP contribution is 2.27. The van der Waals surface area contributed by atoms with E-state index in [9.17, 15) is 9.59 Å². The van der Waals surface area contributed by atoms with Gasteiger partial charge >= 0.3 is 0 Å². The number of aromatic nitrogens is 1. The van der Waals surface area contributed by atoms with E-state index < -0.39 is 0 Å². The molecule has 0 radical (unpaired) electrons. The van der Waals surface area contributed by atoms with Gasteiger partial charge < -0.3 is 9.80 Å². The molecule has 146 valence electrons. The van der Waals surface area contributed by atoms with Crippen LogP contribution in [0.4, 0.5) is 0 Å². The minimum absolute atomic E-state index is 0.0116. The average Bonchev–Trinajstić information content (AvgIpc) is 3.28. The molecule has 1 aliphatic carbocycles. The Morgan fingerprint density at radius 1 is 0.893 bits per heavy atom. The summed E-state index contributed by atoms with van der Waals surface area (Å²) in [7, 11) is 0. The minimum Gasteiger partial charge on any atom is -0.339 e. The Morgan fingerprint density at radius 3 is 2.18 bits per heavy atom. The van der Waals surface area contributed by atoms with Crippen molar-refractivity contribution in [3.63, 3.8) is 0 Å². The van der Waals surface area contributed by atoms with E-state index in [1.54, 1.807) is 0 Å². The van der Waals surface area contributed by atoms with Gasteiger partial charge in [-0.1, -0.05) is 43.2 Å². The number of carbonyl (C=O) groups is 2. The average molecular weight is 377 g/mol. The summed E-state index contributed by atoms with van der Waals surface area (Å²) < 4.78 is 0. The van der Waals surface area contributed by atoms with E-state index in [4.69, 9.17) is 0 Å². The second-order valence-electron chi connectivity index (χ2n) is 7.79. The molecule has 1 aliphatic heterocycles. The van der Waals surface area contributed by atoms with Gasteiger partial charge in [-0.25, -0.2) is 0 Å². The molecule has 5 heteroatoms. The third kappa shape index (κ3) is 3.79. The van der Waals surface area contributed by atoms with Crippen LogP contribution >= 0.6 is 0 Å². The lowest BCUT2D eigenvalue weighted by atomic mass is 10.1. The molecule has 4 rings (SSSR count). The lowest BCUT2D eigenvalue weighted by Gasteiger charge is -2.36. The molecule has 2 aromatic rings. The summed E-state index contributed by atoms with van der Waals surface area (Å²) in [6, 6.07) is 13.8. The molecule has 2 fully saturated rings. The van der Waals surface area contributed by atoms with E-state index in [0.29, 0.717) is 31.7 Å². The second kappa shape index (κ2) is 8.13. The Morgan fingerprint density at radius 2 is 1.54 bits per heavy atom. The van der Waals surface area contributed by atoms with Crippen molar-refractivity contribution in [2.75, 3.05) is 26.2 Å². The molecule has 2 aliphatic rings. The second-order valence-corrected chi connectivity index (χ2v) is 7.79. The van der Waals surface area contributed by atoms with Gasteiger partial charge in [-0.15, -0.1) is 0 Å². The van der Waals surface area contributed by atoms with Crippen LogP contribution in [0.1, 0.15) is 41.7 Å². The number of hydrogen-bond acceptors (Lipinski definition) is 3. The first kappa shape index (κ1) is 18.7. The number of pyridine rings is 1. The highest BCUT2D eigenvalue weighted by molar-refractivity contribution is 5.95. The zero-order valence-corrected chi connectivity index (χ0v) is 16.4. The molecule has 1 aromatic heterocycles. The molecule has 28 heavy (non-hydrogen) atoms. The number of rotatable bonds is 3. The van der Waals surface area contributed by atoms with Gasteiger partial charge in [0, 0.05) is 37.7 Å². The van der Waals surface area contributed by atoms with E-state index in [-0.39, 0.29) is 17.7 Å². The van der Waals surface area contributed by atoms with E-state index >= 15 is 0 Å². The van der Waals surface area contributed by atoms with Crippen LogP contribution in [0, 0.1) is 12.8 Å². The summed E-state index contributed by atoms with van der Waals surface area (Å²) in [4.78, 5) is 34.0. The fourth-order valence-corrected chi connectivity index (χ4v) is 4.29. The van der Waals surface area contributed by atoms with E-state index in [1.165, 1.54) is 12.8 Å². The van der Waals surface area contributed by atoms with Crippen LogP contribution in [0.2, 0.25) is 0 Å². The highest BCUT2D eigenvalue weighted by Gasteiger charge is 2.31. The Balaban J connectivity index is 1.40. The molecule has 0 N–H and O–H groups in total. The Kier molecular flexibility index (Phi) is 5.42. The van der Waals surface area contributed by atoms with Crippen molar-refractivity contribution in [2.24, 2.45) is 5.92 Å². The number of amides is 2.